The summed E-state index contributed by atoms with van der Waals surface area (Å²) in [5.74, 6) is 0. The first-order chi connectivity index (χ1) is 15.7. The van der Waals surface area contributed by atoms with Crippen molar-refractivity contribution >= 4 is 0 Å². The third kappa shape index (κ3) is 24.5. The fourth-order valence-corrected chi connectivity index (χ4v) is 4.65. The van der Waals surface area contributed by atoms with Gasteiger partial charge in [0.05, 0.1) is 18.8 Å². The Bertz CT molecular complexity index is 337. The molecule has 4 N–H and O–H groups in total. The zero-order chi connectivity index (χ0) is 23.5. The normalized spacial score (nSPS) is 13.5. The van der Waals surface area contributed by atoms with E-state index < -0.39 is 12.1 Å². The van der Waals surface area contributed by atoms with Crippen LogP contribution in [0, 0.1) is 0 Å². The highest BCUT2D eigenvalue weighted by Crippen LogP contribution is 2.16. The topological polar surface area (TPSA) is 66.5 Å². The fourth-order valence-electron chi connectivity index (χ4n) is 4.65. The first-order valence-corrected chi connectivity index (χ1v) is 14.8. The van der Waals surface area contributed by atoms with Crippen molar-refractivity contribution in [3.63, 3.8) is 0 Å². The van der Waals surface area contributed by atoms with Gasteiger partial charge in [-0.15, -0.1) is 0 Å². The van der Waals surface area contributed by atoms with Crippen molar-refractivity contribution in [2.45, 2.75) is 180 Å². The molecule has 0 fully saturated rings. The van der Waals surface area contributed by atoms with Crippen LogP contribution in [0.25, 0.3) is 0 Å². The Morgan fingerprint density at radius 1 is 0.469 bits per heavy atom. The van der Waals surface area contributed by atoms with Gasteiger partial charge in [-0.1, -0.05) is 161 Å². The van der Waals surface area contributed by atoms with Gasteiger partial charge in [0, 0.05) is 0 Å². The highest BCUT2D eigenvalue weighted by molar-refractivity contribution is 4.70. The summed E-state index contributed by atoms with van der Waals surface area (Å²) in [4.78, 5) is 0. The average Bonchev–Trinajstić information content (AvgIpc) is 2.81. The predicted octanol–water partition coefficient (Wildman–Crippen LogP) is 8.44. The Kier molecular flexibility index (Phi) is 27.0. The molecule has 2 unspecified atom stereocenters. The van der Waals surface area contributed by atoms with Crippen molar-refractivity contribution in [3.05, 3.63) is 0 Å². The number of hydrogen-bond acceptors (Lipinski definition) is 3. The van der Waals surface area contributed by atoms with Crippen molar-refractivity contribution in [2.75, 3.05) is 6.61 Å². The summed E-state index contributed by atoms with van der Waals surface area (Å²) in [7, 11) is 0. The molecule has 0 rings (SSSR count). The van der Waals surface area contributed by atoms with Crippen LogP contribution in [-0.4, -0.2) is 29.0 Å². The third-order valence-corrected chi connectivity index (χ3v) is 7.06. The van der Waals surface area contributed by atoms with E-state index in [4.69, 9.17) is 10.8 Å². The quantitative estimate of drug-likeness (QED) is 0.109. The van der Waals surface area contributed by atoms with E-state index in [2.05, 4.69) is 6.92 Å². The summed E-state index contributed by atoms with van der Waals surface area (Å²) >= 11 is 0. The van der Waals surface area contributed by atoms with E-state index in [9.17, 15) is 5.11 Å². The Morgan fingerprint density at radius 2 is 0.719 bits per heavy atom. The molecule has 0 saturated heterocycles. The van der Waals surface area contributed by atoms with E-state index in [0.717, 1.165) is 12.8 Å². The lowest BCUT2D eigenvalue weighted by atomic mass is 10.0. The lowest BCUT2D eigenvalue weighted by Gasteiger charge is -2.15. The van der Waals surface area contributed by atoms with Gasteiger partial charge >= 0.3 is 0 Å². The van der Waals surface area contributed by atoms with Crippen molar-refractivity contribution < 1.29 is 10.2 Å². The second-order valence-electron chi connectivity index (χ2n) is 10.3. The van der Waals surface area contributed by atoms with Crippen LogP contribution < -0.4 is 5.73 Å². The minimum Gasteiger partial charge on any atom is -0.395 e. The minimum atomic E-state index is -0.542. The molecule has 0 aliphatic heterocycles. The molecule has 0 radical (unpaired) electrons. The van der Waals surface area contributed by atoms with Crippen LogP contribution in [-0.2, 0) is 0 Å². The van der Waals surface area contributed by atoms with Crippen LogP contribution in [0.2, 0.25) is 0 Å². The second-order valence-corrected chi connectivity index (χ2v) is 10.3. The Hall–Kier alpha value is -0.120. The number of hydrogen-bond donors (Lipinski definition) is 3. The zero-order valence-electron chi connectivity index (χ0n) is 22.0. The van der Waals surface area contributed by atoms with Crippen LogP contribution in [0.1, 0.15) is 167 Å². The molecule has 0 aliphatic carbocycles. The van der Waals surface area contributed by atoms with Gasteiger partial charge in [-0.3, -0.25) is 0 Å². The molecule has 0 saturated carbocycles. The molecule has 2 atom stereocenters. The van der Waals surface area contributed by atoms with Gasteiger partial charge in [-0.25, -0.2) is 0 Å². The van der Waals surface area contributed by atoms with Gasteiger partial charge in [0.25, 0.3) is 0 Å². The molecule has 32 heavy (non-hydrogen) atoms. The molecule has 0 aliphatic rings. The van der Waals surface area contributed by atoms with Crippen molar-refractivity contribution in [3.8, 4) is 0 Å². The molecule has 0 amide bonds. The number of aliphatic hydroxyl groups is 2. The van der Waals surface area contributed by atoms with Crippen LogP contribution in [0.5, 0.6) is 0 Å². The molecule has 3 nitrogen and oxygen atoms in total. The molecule has 0 bridgehead atoms. The third-order valence-electron chi connectivity index (χ3n) is 7.06. The number of unbranched alkanes of at least 4 members (excludes halogenated alkanes) is 23. The van der Waals surface area contributed by atoms with Gasteiger partial charge in [0.15, 0.2) is 0 Å². The smallest absolute Gasteiger partial charge is 0.0713 e. The summed E-state index contributed by atoms with van der Waals surface area (Å²) in [6.45, 7) is 2.17. The number of aliphatic hydroxyl groups excluding tert-OH is 2. The molecular weight excluding hydrogens is 394 g/mol. The van der Waals surface area contributed by atoms with E-state index in [0.29, 0.717) is 0 Å². The summed E-state index contributed by atoms with van der Waals surface area (Å²) in [5, 5.41) is 18.6. The Morgan fingerprint density at radius 3 is 0.969 bits per heavy atom. The van der Waals surface area contributed by atoms with E-state index >= 15 is 0 Å². The largest absolute Gasteiger partial charge is 0.395 e. The van der Waals surface area contributed by atoms with Crippen molar-refractivity contribution in [2.24, 2.45) is 5.73 Å². The SMILES string of the molecule is CCCCCCCCCCCCCCCCCCCCCCCCCCC(O)C(N)CO. The van der Waals surface area contributed by atoms with E-state index in [1.54, 1.807) is 0 Å². The molecular formula is C29H61NO2. The van der Waals surface area contributed by atoms with E-state index in [1.807, 2.05) is 0 Å². The highest BCUT2D eigenvalue weighted by atomic mass is 16.3. The Labute approximate surface area is 202 Å². The predicted molar refractivity (Wildman–Crippen MR) is 142 cm³/mol. The minimum absolute atomic E-state index is 0.124. The maximum absolute atomic E-state index is 9.71. The van der Waals surface area contributed by atoms with Gasteiger partial charge in [-0.2, -0.15) is 0 Å². The van der Waals surface area contributed by atoms with E-state index in [-0.39, 0.29) is 6.61 Å². The molecule has 0 spiro atoms. The molecule has 3 heteroatoms. The zero-order valence-corrected chi connectivity index (χ0v) is 22.0. The maximum Gasteiger partial charge on any atom is 0.0713 e. The van der Waals surface area contributed by atoms with E-state index in [1.165, 1.54) is 148 Å². The molecule has 194 valence electrons. The lowest BCUT2D eigenvalue weighted by Crippen LogP contribution is -2.37. The Balaban J connectivity index is 3.07. The van der Waals surface area contributed by atoms with Gasteiger partial charge in [-0.05, 0) is 6.42 Å². The summed E-state index contributed by atoms with van der Waals surface area (Å²) in [6.07, 6.45) is 33.7. The van der Waals surface area contributed by atoms with Crippen LogP contribution in [0.3, 0.4) is 0 Å². The average molecular weight is 456 g/mol. The summed E-state index contributed by atoms with van der Waals surface area (Å²) in [5.41, 5.74) is 5.61. The van der Waals surface area contributed by atoms with Crippen LogP contribution >= 0.6 is 0 Å². The van der Waals surface area contributed by atoms with Crippen LogP contribution in [0.4, 0.5) is 0 Å². The molecule has 0 aromatic heterocycles. The maximum atomic E-state index is 9.71. The van der Waals surface area contributed by atoms with Crippen molar-refractivity contribution in [1.29, 1.82) is 0 Å². The van der Waals surface area contributed by atoms with Gasteiger partial charge in [0.2, 0.25) is 0 Å². The number of rotatable bonds is 27. The molecule has 0 heterocycles. The molecule has 0 aromatic rings. The van der Waals surface area contributed by atoms with Gasteiger partial charge in [0.1, 0.15) is 0 Å². The number of nitrogens with two attached hydrogens (primary N) is 1. The summed E-state index contributed by atoms with van der Waals surface area (Å²) < 4.78 is 0. The standard InChI is InChI=1S/C29H61NO2/c1-2-3-4-5-6-7-8-9-10-11-12-13-14-15-16-17-18-19-20-21-22-23-24-25-26-29(32)28(30)27-31/h28-29,31-32H,2-27,30H2,1H3. The van der Waals surface area contributed by atoms with Crippen molar-refractivity contribution in [1.82, 2.24) is 0 Å². The fraction of sp³-hybridized carbons (Fsp3) is 1.00. The highest BCUT2D eigenvalue weighted by Gasteiger charge is 2.12. The summed E-state index contributed by atoms with van der Waals surface area (Å²) in [6, 6.07) is -0.473. The first-order valence-electron chi connectivity index (χ1n) is 14.8. The molecule has 0 aromatic carbocycles. The first kappa shape index (κ1) is 31.9. The lowest BCUT2D eigenvalue weighted by molar-refractivity contribution is 0.0990. The monoisotopic (exact) mass is 455 g/mol. The van der Waals surface area contributed by atoms with Crippen LogP contribution in [0.15, 0.2) is 0 Å². The van der Waals surface area contributed by atoms with Gasteiger partial charge < -0.3 is 15.9 Å². The second kappa shape index (κ2) is 27.1.